The molecule has 0 nitrogen and oxygen atoms in total. The quantitative estimate of drug-likeness (QED) is 0.519. The van der Waals surface area contributed by atoms with Gasteiger partial charge in [-0.2, -0.15) is 11.8 Å². The topological polar surface area (TPSA) is 0 Å². The highest BCUT2D eigenvalue weighted by molar-refractivity contribution is 7.99. The molecule has 0 bridgehead atoms. The lowest BCUT2D eigenvalue weighted by atomic mass is 9.92. The zero-order chi connectivity index (χ0) is 6.81. The van der Waals surface area contributed by atoms with Crippen LogP contribution in [0.4, 0.5) is 0 Å². The average Bonchev–Trinajstić information content (AvgIpc) is 2.28. The van der Waals surface area contributed by atoms with E-state index in [9.17, 15) is 0 Å². The summed E-state index contributed by atoms with van der Waals surface area (Å²) in [5.41, 5.74) is 0. The third-order valence-corrected chi connectivity index (χ3v) is 4.13. The Morgan fingerprint density at radius 2 is 1.40 bits per heavy atom. The maximum Gasteiger partial charge on any atom is -0.00648 e. The summed E-state index contributed by atoms with van der Waals surface area (Å²) in [4.78, 5) is 0. The van der Waals surface area contributed by atoms with Gasteiger partial charge in [-0.1, -0.05) is 19.3 Å². The zero-order valence-corrected chi connectivity index (χ0v) is 7.33. The van der Waals surface area contributed by atoms with E-state index in [0.29, 0.717) is 0 Å². The number of hydrogen-bond acceptors (Lipinski definition) is 1. The molecule has 0 aromatic carbocycles. The molecule has 2 fully saturated rings. The Bertz CT molecular complexity index is 99.3. The van der Waals surface area contributed by atoms with Crippen molar-refractivity contribution in [3.63, 3.8) is 0 Å². The summed E-state index contributed by atoms with van der Waals surface area (Å²) in [7, 11) is 0. The van der Waals surface area contributed by atoms with E-state index in [-0.39, 0.29) is 0 Å². The van der Waals surface area contributed by atoms with E-state index in [1.165, 1.54) is 30.8 Å². The summed E-state index contributed by atoms with van der Waals surface area (Å²) in [5.74, 6) is 5.16. The van der Waals surface area contributed by atoms with Gasteiger partial charge in [0.05, 0.1) is 0 Å². The molecule has 1 aliphatic carbocycles. The minimum Gasteiger partial charge on any atom is -0.162 e. The summed E-state index contributed by atoms with van der Waals surface area (Å²) >= 11 is 2.17. The first-order valence-corrected chi connectivity index (χ1v) is 5.70. The summed E-state index contributed by atoms with van der Waals surface area (Å²) in [6.45, 7) is 0. The third-order valence-electron chi connectivity index (χ3n) is 3.08. The van der Waals surface area contributed by atoms with Crippen LogP contribution in [-0.4, -0.2) is 11.5 Å². The normalized spacial score (nSPS) is 40.8. The molecule has 0 aromatic heterocycles. The molecule has 1 aliphatic heterocycles. The van der Waals surface area contributed by atoms with Crippen LogP contribution in [0.15, 0.2) is 0 Å². The number of fused-ring (bicyclic) bond motifs is 1. The van der Waals surface area contributed by atoms with Crippen molar-refractivity contribution in [3.05, 3.63) is 0 Å². The van der Waals surface area contributed by atoms with Crippen LogP contribution in [0.2, 0.25) is 0 Å². The van der Waals surface area contributed by atoms with Gasteiger partial charge in [-0.05, 0) is 36.2 Å². The molecule has 0 amide bonds. The molecule has 0 N–H and O–H groups in total. The predicted molar refractivity (Wildman–Crippen MR) is 47.4 cm³/mol. The van der Waals surface area contributed by atoms with E-state index in [2.05, 4.69) is 11.8 Å². The predicted octanol–water partition coefficient (Wildman–Crippen LogP) is 2.93. The van der Waals surface area contributed by atoms with E-state index in [4.69, 9.17) is 0 Å². The molecule has 10 heavy (non-hydrogen) atoms. The lowest BCUT2D eigenvalue weighted by Gasteiger charge is -2.13. The minimum absolute atomic E-state index is 1.13. The van der Waals surface area contributed by atoms with Crippen molar-refractivity contribution in [3.8, 4) is 0 Å². The van der Waals surface area contributed by atoms with Crippen LogP contribution in [0.1, 0.15) is 32.1 Å². The summed E-state index contributed by atoms with van der Waals surface area (Å²) in [5, 5.41) is 0. The molecule has 58 valence electrons. The third kappa shape index (κ3) is 1.34. The van der Waals surface area contributed by atoms with Crippen LogP contribution in [0.5, 0.6) is 0 Å². The minimum atomic E-state index is 1.13. The van der Waals surface area contributed by atoms with Crippen molar-refractivity contribution in [1.29, 1.82) is 0 Å². The first-order chi connectivity index (χ1) is 4.97. The Balaban J connectivity index is 1.95. The van der Waals surface area contributed by atoms with Gasteiger partial charge in [0.2, 0.25) is 0 Å². The number of hydrogen-bond donors (Lipinski definition) is 0. The van der Waals surface area contributed by atoms with Crippen LogP contribution in [0.3, 0.4) is 0 Å². The smallest absolute Gasteiger partial charge is 0.00648 e. The van der Waals surface area contributed by atoms with E-state index in [1.54, 1.807) is 12.8 Å². The first-order valence-electron chi connectivity index (χ1n) is 4.54. The van der Waals surface area contributed by atoms with Crippen molar-refractivity contribution in [2.75, 3.05) is 11.5 Å². The van der Waals surface area contributed by atoms with Gasteiger partial charge >= 0.3 is 0 Å². The van der Waals surface area contributed by atoms with Crippen LogP contribution in [-0.2, 0) is 0 Å². The van der Waals surface area contributed by atoms with Crippen LogP contribution < -0.4 is 0 Å². The Labute approximate surface area is 67.8 Å². The average molecular weight is 156 g/mol. The molecule has 1 saturated carbocycles. The highest BCUT2D eigenvalue weighted by atomic mass is 32.2. The molecular weight excluding hydrogens is 140 g/mol. The fourth-order valence-corrected chi connectivity index (χ4v) is 3.59. The van der Waals surface area contributed by atoms with Crippen molar-refractivity contribution >= 4 is 11.8 Å². The van der Waals surface area contributed by atoms with Gasteiger partial charge in [-0.15, -0.1) is 0 Å². The molecule has 0 aromatic rings. The molecule has 1 saturated heterocycles. The van der Waals surface area contributed by atoms with Crippen molar-refractivity contribution in [2.45, 2.75) is 32.1 Å². The van der Waals surface area contributed by atoms with Crippen molar-refractivity contribution in [2.24, 2.45) is 11.8 Å². The largest absolute Gasteiger partial charge is 0.162 e. The van der Waals surface area contributed by atoms with Gasteiger partial charge in [0.15, 0.2) is 0 Å². The Morgan fingerprint density at radius 1 is 0.800 bits per heavy atom. The maximum absolute atomic E-state index is 2.17. The highest BCUT2D eigenvalue weighted by Gasteiger charge is 2.27. The van der Waals surface area contributed by atoms with Crippen molar-refractivity contribution in [1.82, 2.24) is 0 Å². The molecule has 0 spiro atoms. The molecular formula is C9H16S. The Morgan fingerprint density at radius 3 is 2.00 bits per heavy atom. The van der Waals surface area contributed by atoms with E-state index < -0.39 is 0 Å². The van der Waals surface area contributed by atoms with Gasteiger partial charge in [-0.25, -0.2) is 0 Å². The van der Waals surface area contributed by atoms with Gasteiger partial charge in [-0.3, -0.25) is 0 Å². The van der Waals surface area contributed by atoms with Crippen LogP contribution >= 0.6 is 11.8 Å². The second kappa shape index (κ2) is 3.17. The molecule has 2 aliphatic rings. The second-order valence-corrected chi connectivity index (χ2v) is 4.87. The van der Waals surface area contributed by atoms with Gasteiger partial charge in [0.25, 0.3) is 0 Å². The fourth-order valence-electron chi connectivity index (χ4n) is 2.45. The molecule has 1 heterocycles. The maximum atomic E-state index is 2.17. The van der Waals surface area contributed by atoms with Gasteiger partial charge in [0.1, 0.15) is 0 Å². The highest BCUT2D eigenvalue weighted by Crippen LogP contribution is 2.39. The lowest BCUT2D eigenvalue weighted by Crippen LogP contribution is -2.06. The molecule has 2 rings (SSSR count). The molecule has 2 unspecified atom stereocenters. The number of rotatable bonds is 0. The summed E-state index contributed by atoms with van der Waals surface area (Å²) in [6, 6.07) is 0. The monoisotopic (exact) mass is 156 g/mol. The van der Waals surface area contributed by atoms with Gasteiger partial charge < -0.3 is 0 Å². The Kier molecular flexibility index (Phi) is 2.22. The lowest BCUT2D eigenvalue weighted by molar-refractivity contribution is 0.378. The fraction of sp³-hybridized carbons (Fsp3) is 1.00. The van der Waals surface area contributed by atoms with E-state index >= 15 is 0 Å². The number of thioether (sulfide) groups is 1. The van der Waals surface area contributed by atoms with Gasteiger partial charge in [0, 0.05) is 0 Å². The SMILES string of the molecule is C1CC2CCSCCC2C1. The Hall–Kier alpha value is 0.350. The summed E-state index contributed by atoms with van der Waals surface area (Å²) in [6.07, 6.45) is 7.67. The second-order valence-electron chi connectivity index (χ2n) is 3.64. The van der Waals surface area contributed by atoms with Crippen molar-refractivity contribution < 1.29 is 0 Å². The standard InChI is InChI=1S/C9H16S/c1-2-8-4-6-10-7-5-9(8)3-1/h8-9H,1-7H2. The first kappa shape index (κ1) is 7.02. The molecule has 0 radical (unpaired) electrons. The summed E-state index contributed by atoms with van der Waals surface area (Å²) < 4.78 is 0. The van der Waals surface area contributed by atoms with Crippen LogP contribution in [0, 0.1) is 11.8 Å². The van der Waals surface area contributed by atoms with Crippen LogP contribution in [0.25, 0.3) is 0 Å². The zero-order valence-electron chi connectivity index (χ0n) is 6.51. The molecule has 1 heteroatoms. The van der Waals surface area contributed by atoms with E-state index in [0.717, 1.165) is 11.8 Å². The van der Waals surface area contributed by atoms with E-state index in [1.807, 2.05) is 0 Å². The molecule has 2 atom stereocenters.